The average molecular weight is 370 g/mol. The van der Waals surface area contributed by atoms with Gasteiger partial charge in [-0.3, -0.25) is 4.90 Å². The van der Waals surface area contributed by atoms with E-state index in [1.807, 2.05) is 11.8 Å². The van der Waals surface area contributed by atoms with Crippen molar-refractivity contribution in [2.75, 3.05) is 18.1 Å². The van der Waals surface area contributed by atoms with Gasteiger partial charge in [-0.1, -0.05) is 0 Å². The fourth-order valence-electron chi connectivity index (χ4n) is 4.04. The molecule has 2 aliphatic heterocycles. The Balaban J connectivity index is 1.71. The van der Waals surface area contributed by atoms with Crippen LogP contribution in [0, 0.1) is 6.92 Å². The topological polar surface area (TPSA) is 33.4 Å². The van der Waals surface area contributed by atoms with Gasteiger partial charge in [-0.25, -0.2) is 9.50 Å². The van der Waals surface area contributed by atoms with E-state index in [4.69, 9.17) is 0 Å². The van der Waals surface area contributed by atoms with Crippen molar-refractivity contribution in [3.8, 4) is 0 Å². The van der Waals surface area contributed by atoms with E-state index < -0.39 is 11.9 Å². The molecule has 2 saturated heterocycles. The molecule has 2 aliphatic rings. The van der Waals surface area contributed by atoms with Crippen LogP contribution < -0.4 is 0 Å². The Morgan fingerprint density at radius 1 is 1.16 bits per heavy atom. The Morgan fingerprint density at radius 2 is 1.92 bits per heavy atom. The summed E-state index contributed by atoms with van der Waals surface area (Å²) in [6.07, 6.45) is -0.112. The van der Waals surface area contributed by atoms with Crippen molar-refractivity contribution in [3.63, 3.8) is 0 Å². The van der Waals surface area contributed by atoms with Gasteiger partial charge in [-0.2, -0.15) is 30.0 Å². The lowest BCUT2D eigenvalue weighted by atomic mass is 10.1. The molecule has 2 aromatic heterocycles. The van der Waals surface area contributed by atoms with Crippen LogP contribution in [0.2, 0.25) is 0 Å². The molecule has 8 heteroatoms. The summed E-state index contributed by atoms with van der Waals surface area (Å²) in [7, 11) is 0. The monoisotopic (exact) mass is 370 g/mol. The van der Waals surface area contributed by atoms with Crippen molar-refractivity contribution in [1.82, 2.24) is 19.5 Å². The third-order valence-electron chi connectivity index (χ3n) is 5.16. The number of nitrogens with zero attached hydrogens (tertiary/aromatic N) is 4. The summed E-state index contributed by atoms with van der Waals surface area (Å²) in [6, 6.07) is 3.43. The summed E-state index contributed by atoms with van der Waals surface area (Å²) in [6.45, 7) is 2.59. The SMILES string of the molecule is Cc1cc(C(F)(F)F)n2nc([C@H]3CCCN3C3CCSCC3)cc2n1. The number of thioether (sulfide) groups is 1. The number of likely N-dealkylation sites (tertiary alicyclic amines) is 1. The second-order valence-electron chi connectivity index (χ2n) is 6.86. The molecule has 1 atom stereocenters. The van der Waals surface area contributed by atoms with Crippen molar-refractivity contribution in [1.29, 1.82) is 0 Å². The first kappa shape index (κ1) is 17.1. The molecule has 2 aromatic rings. The van der Waals surface area contributed by atoms with Crippen molar-refractivity contribution in [3.05, 3.63) is 29.2 Å². The average Bonchev–Trinajstić information content (AvgIpc) is 3.20. The van der Waals surface area contributed by atoms with E-state index in [1.165, 1.54) is 0 Å². The molecule has 25 heavy (non-hydrogen) atoms. The van der Waals surface area contributed by atoms with E-state index in [2.05, 4.69) is 15.0 Å². The second-order valence-corrected chi connectivity index (χ2v) is 8.08. The van der Waals surface area contributed by atoms with E-state index in [9.17, 15) is 13.2 Å². The molecule has 0 aromatic carbocycles. The van der Waals surface area contributed by atoms with E-state index in [0.717, 1.165) is 60.0 Å². The highest BCUT2D eigenvalue weighted by molar-refractivity contribution is 7.99. The summed E-state index contributed by atoms with van der Waals surface area (Å²) in [5.41, 5.74) is 0.617. The third-order valence-corrected chi connectivity index (χ3v) is 6.21. The predicted octanol–water partition coefficient (Wildman–Crippen LogP) is 4.09. The number of hydrogen-bond acceptors (Lipinski definition) is 4. The molecule has 2 fully saturated rings. The van der Waals surface area contributed by atoms with Gasteiger partial charge >= 0.3 is 6.18 Å². The standard InChI is InChI=1S/C17H21F3N4S/c1-11-9-15(17(18,19)20)24-16(21-11)10-13(22-24)14-3-2-6-23(14)12-4-7-25-8-5-12/h9-10,12,14H,2-8H2,1H3/t14-/m1/s1. The number of fused-ring (bicyclic) bond motifs is 1. The van der Waals surface area contributed by atoms with Crippen LogP contribution in [-0.4, -0.2) is 43.6 Å². The van der Waals surface area contributed by atoms with Crippen LogP contribution in [0.5, 0.6) is 0 Å². The molecule has 0 amide bonds. The smallest absolute Gasteiger partial charge is 0.292 e. The van der Waals surface area contributed by atoms with Crippen LogP contribution in [0.3, 0.4) is 0 Å². The minimum Gasteiger partial charge on any atom is -0.292 e. The van der Waals surface area contributed by atoms with Crippen molar-refractivity contribution in [2.45, 2.75) is 50.9 Å². The normalized spacial score (nSPS) is 23.6. The molecular formula is C17H21F3N4S. The van der Waals surface area contributed by atoms with Gasteiger partial charge in [0.15, 0.2) is 5.65 Å². The highest BCUT2D eigenvalue weighted by atomic mass is 32.2. The van der Waals surface area contributed by atoms with Gasteiger partial charge in [0, 0.05) is 17.8 Å². The van der Waals surface area contributed by atoms with Gasteiger partial charge in [0.2, 0.25) is 0 Å². The van der Waals surface area contributed by atoms with Crippen LogP contribution in [0.4, 0.5) is 13.2 Å². The predicted molar refractivity (Wildman–Crippen MR) is 91.8 cm³/mol. The Labute approximate surface area is 148 Å². The zero-order valence-corrected chi connectivity index (χ0v) is 14.9. The first-order chi connectivity index (χ1) is 11.9. The lowest BCUT2D eigenvalue weighted by Crippen LogP contribution is -2.37. The molecule has 0 radical (unpaired) electrons. The van der Waals surface area contributed by atoms with Gasteiger partial charge in [-0.15, -0.1) is 0 Å². The summed E-state index contributed by atoms with van der Waals surface area (Å²) in [5, 5.41) is 4.33. The van der Waals surface area contributed by atoms with E-state index in [0.29, 0.717) is 11.7 Å². The molecule has 136 valence electrons. The molecule has 0 N–H and O–H groups in total. The summed E-state index contributed by atoms with van der Waals surface area (Å²) in [4.78, 5) is 6.72. The Kier molecular flexibility index (Phi) is 4.43. The maximum absolute atomic E-state index is 13.4. The molecule has 0 unspecified atom stereocenters. The number of aromatic nitrogens is 3. The Hall–Kier alpha value is -1.28. The highest BCUT2D eigenvalue weighted by Gasteiger charge is 2.37. The van der Waals surface area contributed by atoms with E-state index in [1.54, 1.807) is 13.0 Å². The minimum atomic E-state index is -4.44. The zero-order chi connectivity index (χ0) is 17.6. The fraction of sp³-hybridized carbons (Fsp3) is 0.647. The van der Waals surface area contributed by atoms with Crippen molar-refractivity contribution in [2.24, 2.45) is 0 Å². The molecule has 0 bridgehead atoms. The summed E-state index contributed by atoms with van der Waals surface area (Å²) < 4.78 is 41.0. The Morgan fingerprint density at radius 3 is 2.64 bits per heavy atom. The maximum Gasteiger partial charge on any atom is 0.433 e. The summed E-state index contributed by atoms with van der Waals surface area (Å²) >= 11 is 1.98. The maximum atomic E-state index is 13.4. The first-order valence-corrected chi connectivity index (χ1v) is 9.87. The summed E-state index contributed by atoms with van der Waals surface area (Å²) in [5.74, 6) is 2.33. The molecule has 0 saturated carbocycles. The lowest BCUT2D eigenvalue weighted by molar-refractivity contribution is -0.142. The first-order valence-electron chi connectivity index (χ1n) is 8.71. The molecule has 4 rings (SSSR count). The number of hydrogen-bond donors (Lipinski definition) is 0. The highest BCUT2D eigenvalue weighted by Crippen LogP contribution is 2.37. The number of rotatable bonds is 2. The second kappa shape index (κ2) is 6.46. The number of halogens is 3. The van der Waals surface area contributed by atoms with Crippen LogP contribution in [0.15, 0.2) is 12.1 Å². The van der Waals surface area contributed by atoms with Gasteiger partial charge in [-0.05, 0) is 56.7 Å². The largest absolute Gasteiger partial charge is 0.433 e. The molecule has 0 aliphatic carbocycles. The molecule has 4 heterocycles. The van der Waals surface area contributed by atoms with Crippen molar-refractivity contribution < 1.29 is 13.2 Å². The van der Waals surface area contributed by atoms with Crippen LogP contribution >= 0.6 is 11.8 Å². The van der Waals surface area contributed by atoms with Gasteiger partial charge in [0.05, 0.1) is 11.7 Å². The number of aryl methyl sites for hydroxylation is 1. The van der Waals surface area contributed by atoms with Gasteiger partial charge in [0.1, 0.15) is 5.69 Å². The van der Waals surface area contributed by atoms with Gasteiger partial charge < -0.3 is 0 Å². The number of alkyl halides is 3. The van der Waals surface area contributed by atoms with Crippen molar-refractivity contribution >= 4 is 17.4 Å². The Bertz CT molecular complexity index is 767. The minimum absolute atomic E-state index is 0.108. The lowest BCUT2D eigenvalue weighted by Gasteiger charge is -2.34. The van der Waals surface area contributed by atoms with E-state index >= 15 is 0 Å². The van der Waals surface area contributed by atoms with Crippen LogP contribution in [0.1, 0.15) is 48.8 Å². The van der Waals surface area contributed by atoms with Gasteiger partial charge in [0.25, 0.3) is 0 Å². The molecule has 0 spiro atoms. The van der Waals surface area contributed by atoms with E-state index in [-0.39, 0.29) is 11.7 Å². The fourth-order valence-corrected chi connectivity index (χ4v) is 5.12. The third kappa shape index (κ3) is 3.26. The molecule has 4 nitrogen and oxygen atoms in total. The zero-order valence-electron chi connectivity index (χ0n) is 14.1. The van der Waals surface area contributed by atoms with Crippen LogP contribution in [0.25, 0.3) is 5.65 Å². The van der Waals surface area contributed by atoms with Crippen LogP contribution in [-0.2, 0) is 6.18 Å². The molecular weight excluding hydrogens is 349 g/mol. The quantitative estimate of drug-likeness (QED) is 0.797.